The molecule has 0 spiro atoms. The van der Waals surface area contributed by atoms with Gasteiger partial charge in [-0.15, -0.1) is 0 Å². The molecule has 1 aromatic rings. The van der Waals surface area contributed by atoms with E-state index in [0.29, 0.717) is 13.2 Å². The molecule has 76 valence electrons. The number of aromatic nitrogens is 2. The van der Waals surface area contributed by atoms with Crippen LogP contribution in [0.25, 0.3) is 0 Å². The first-order valence-corrected chi connectivity index (χ1v) is 4.66. The topological polar surface area (TPSA) is 44.3 Å². The smallest absolute Gasteiger partial charge is 0.430 e. The third kappa shape index (κ3) is 1.86. The Balaban J connectivity index is 1.93. The van der Waals surface area contributed by atoms with Crippen LogP contribution in [-0.4, -0.2) is 23.4 Å². The van der Waals surface area contributed by atoms with E-state index in [4.69, 9.17) is 4.74 Å². The quantitative estimate of drug-likeness (QED) is 0.518. The van der Waals surface area contributed by atoms with E-state index in [1.54, 1.807) is 0 Å². The molecule has 2 heterocycles. The zero-order chi connectivity index (χ0) is 9.97. The summed E-state index contributed by atoms with van der Waals surface area (Å²) in [5.41, 5.74) is 0. The zero-order valence-electron chi connectivity index (χ0n) is 8.05. The second-order valence-corrected chi connectivity index (χ2v) is 3.24. The molecule has 1 aliphatic heterocycles. The standard InChI is InChI=1S/C9H13N2O3/c1-2-10-3-4-11(7-10)5-8-6-13-9(12)14-8/h3-4,7-8H,2,5-6H2,1H3/q+1. The molecule has 0 aromatic carbocycles. The van der Waals surface area contributed by atoms with E-state index in [0.717, 1.165) is 6.54 Å². The molecule has 0 radical (unpaired) electrons. The first-order valence-electron chi connectivity index (χ1n) is 4.66. The molecule has 14 heavy (non-hydrogen) atoms. The molecule has 0 aliphatic carbocycles. The summed E-state index contributed by atoms with van der Waals surface area (Å²) in [6.07, 6.45) is 5.20. The van der Waals surface area contributed by atoms with Crippen molar-refractivity contribution < 1.29 is 18.8 Å². The highest BCUT2D eigenvalue weighted by atomic mass is 16.8. The van der Waals surface area contributed by atoms with Crippen molar-refractivity contribution in [2.24, 2.45) is 0 Å². The van der Waals surface area contributed by atoms with Gasteiger partial charge in [0.05, 0.1) is 6.54 Å². The summed E-state index contributed by atoms with van der Waals surface area (Å²) in [5, 5.41) is 0. The molecule has 1 fully saturated rings. The molecular weight excluding hydrogens is 184 g/mol. The number of hydrogen-bond donors (Lipinski definition) is 0. The average Bonchev–Trinajstić information content (AvgIpc) is 2.76. The van der Waals surface area contributed by atoms with Crippen molar-refractivity contribution in [1.82, 2.24) is 4.57 Å². The van der Waals surface area contributed by atoms with Crippen LogP contribution < -0.4 is 4.57 Å². The lowest BCUT2D eigenvalue weighted by atomic mass is 10.4. The van der Waals surface area contributed by atoms with Crippen molar-refractivity contribution in [3.05, 3.63) is 18.7 Å². The van der Waals surface area contributed by atoms with Crippen molar-refractivity contribution in [2.45, 2.75) is 26.1 Å². The van der Waals surface area contributed by atoms with Gasteiger partial charge >= 0.3 is 6.16 Å². The normalized spacial score (nSPS) is 20.6. The van der Waals surface area contributed by atoms with Gasteiger partial charge in [0.2, 0.25) is 6.33 Å². The summed E-state index contributed by atoms with van der Waals surface area (Å²) in [7, 11) is 0. The average molecular weight is 197 g/mol. The van der Waals surface area contributed by atoms with Crippen LogP contribution in [0.3, 0.4) is 0 Å². The second-order valence-electron chi connectivity index (χ2n) is 3.24. The van der Waals surface area contributed by atoms with Gasteiger partial charge in [0.1, 0.15) is 25.5 Å². The Labute approximate surface area is 81.9 Å². The van der Waals surface area contributed by atoms with Crippen LogP contribution in [0.5, 0.6) is 0 Å². The molecular formula is C9H13N2O3+. The summed E-state index contributed by atoms with van der Waals surface area (Å²) >= 11 is 0. The van der Waals surface area contributed by atoms with Crippen molar-refractivity contribution in [3.8, 4) is 0 Å². The predicted octanol–water partition coefficient (Wildman–Crippen LogP) is 0.331. The number of ether oxygens (including phenoxy) is 2. The van der Waals surface area contributed by atoms with Crippen LogP contribution >= 0.6 is 0 Å². The van der Waals surface area contributed by atoms with E-state index in [-0.39, 0.29) is 6.10 Å². The minimum Gasteiger partial charge on any atom is -0.430 e. The van der Waals surface area contributed by atoms with E-state index >= 15 is 0 Å². The number of imidazole rings is 1. The third-order valence-electron chi connectivity index (χ3n) is 2.18. The van der Waals surface area contributed by atoms with Crippen LogP contribution in [0.15, 0.2) is 18.7 Å². The molecule has 1 atom stereocenters. The SMILES string of the molecule is CCn1cc[n+](CC2COC(=O)O2)c1. The van der Waals surface area contributed by atoms with Gasteiger partial charge in [0.15, 0.2) is 6.10 Å². The Hall–Kier alpha value is -1.52. The van der Waals surface area contributed by atoms with Crippen LogP contribution in [0, 0.1) is 0 Å². The number of carbonyl (C=O) groups excluding carboxylic acids is 1. The first-order chi connectivity index (χ1) is 6.78. The van der Waals surface area contributed by atoms with Gasteiger partial charge in [-0.05, 0) is 6.92 Å². The largest absolute Gasteiger partial charge is 0.508 e. The van der Waals surface area contributed by atoms with Gasteiger partial charge in [0, 0.05) is 0 Å². The molecule has 1 saturated heterocycles. The number of cyclic esters (lactones) is 2. The summed E-state index contributed by atoms with van der Waals surface area (Å²) in [5.74, 6) is 0. The van der Waals surface area contributed by atoms with Crippen molar-refractivity contribution in [3.63, 3.8) is 0 Å². The molecule has 0 N–H and O–H groups in total. The fourth-order valence-electron chi connectivity index (χ4n) is 1.42. The molecule has 0 bridgehead atoms. The Bertz CT molecular complexity index is 335. The maximum absolute atomic E-state index is 10.6. The van der Waals surface area contributed by atoms with Crippen LogP contribution in [0.4, 0.5) is 4.79 Å². The summed E-state index contributed by atoms with van der Waals surface area (Å²) in [6.45, 7) is 4.01. The highest BCUT2D eigenvalue weighted by Crippen LogP contribution is 2.05. The second kappa shape index (κ2) is 3.69. The van der Waals surface area contributed by atoms with Gasteiger partial charge in [-0.1, -0.05) is 0 Å². The van der Waals surface area contributed by atoms with Gasteiger partial charge < -0.3 is 9.47 Å². The monoisotopic (exact) mass is 197 g/mol. The molecule has 1 aliphatic rings. The van der Waals surface area contributed by atoms with E-state index in [9.17, 15) is 4.79 Å². The van der Waals surface area contributed by atoms with E-state index in [1.165, 1.54) is 0 Å². The predicted molar refractivity (Wildman–Crippen MR) is 46.5 cm³/mol. The molecule has 5 nitrogen and oxygen atoms in total. The summed E-state index contributed by atoms with van der Waals surface area (Å²) < 4.78 is 13.6. The zero-order valence-corrected chi connectivity index (χ0v) is 8.05. The van der Waals surface area contributed by atoms with Gasteiger partial charge in [0.25, 0.3) is 0 Å². The Morgan fingerprint density at radius 1 is 1.71 bits per heavy atom. The van der Waals surface area contributed by atoms with Crippen LogP contribution in [0.2, 0.25) is 0 Å². The lowest BCUT2D eigenvalue weighted by Crippen LogP contribution is -2.39. The lowest BCUT2D eigenvalue weighted by molar-refractivity contribution is -0.702. The number of nitrogens with zero attached hydrogens (tertiary/aromatic N) is 2. The minimum absolute atomic E-state index is 0.153. The summed E-state index contributed by atoms with van der Waals surface area (Å²) in [6, 6.07) is 0. The fraction of sp³-hybridized carbons (Fsp3) is 0.556. The maximum atomic E-state index is 10.6. The maximum Gasteiger partial charge on any atom is 0.508 e. The minimum atomic E-state index is -0.564. The molecule has 1 unspecified atom stereocenters. The molecule has 1 aromatic heterocycles. The highest BCUT2D eigenvalue weighted by molar-refractivity contribution is 5.61. The Kier molecular flexibility index (Phi) is 2.39. The number of rotatable bonds is 3. The molecule has 0 amide bonds. The first kappa shape index (κ1) is 9.05. The lowest BCUT2D eigenvalue weighted by Gasteiger charge is -2.01. The van der Waals surface area contributed by atoms with Crippen LogP contribution in [0.1, 0.15) is 6.92 Å². The number of aryl methyl sites for hydroxylation is 1. The van der Waals surface area contributed by atoms with Crippen molar-refractivity contribution in [1.29, 1.82) is 0 Å². The van der Waals surface area contributed by atoms with Crippen molar-refractivity contribution >= 4 is 6.16 Å². The number of hydrogen-bond acceptors (Lipinski definition) is 3. The van der Waals surface area contributed by atoms with E-state index < -0.39 is 6.16 Å². The molecule has 2 rings (SSSR count). The van der Waals surface area contributed by atoms with Gasteiger partial charge in [-0.25, -0.2) is 13.9 Å². The van der Waals surface area contributed by atoms with Gasteiger partial charge in [-0.2, -0.15) is 0 Å². The van der Waals surface area contributed by atoms with Crippen molar-refractivity contribution in [2.75, 3.05) is 6.61 Å². The highest BCUT2D eigenvalue weighted by Gasteiger charge is 2.26. The van der Waals surface area contributed by atoms with Gasteiger partial charge in [-0.3, -0.25) is 0 Å². The number of carbonyl (C=O) groups is 1. The molecule has 5 heteroatoms. The fourth-order valence-corrected chi connectivity index (χ4v) is 1.42. The molecule has 0 saturated carbocycles. The van der Waals surface area contributed by atoms with E-state index in [1.807, 2.05) is 23.3 Å². The third-order valence-corrected chi connectivity index (χ3v) is 2.18. The van der Waals surface area contributed by atoms with Crippen LogP contribution in [-0.2, 0) is 22.6 Å². The van der Waals surface area contributed by atoms with E-state index in [2.05, 4.69) is 16.2 Å². The Morgan fingerprint density at radius 2 is 2.57 bits per heavy atom. The summed E-state index contributed by atoms with van der Waals surface area (Å²) in [4.78, 5) is 10.6. The Morgan fingerprint density at radius 3 is 3.14 bits per heavy atom.